The number of thiazole rings is 1. The summed E-state index contributed by atoms with van der Waals surface area (Å²) in [6.45, 7) is 13.5. The first kappa shape index (κ1) is 28.0. The Morgan fingerprint density at radius 3 is 2.66 bits per heavy atom. The number of aliphatic hydroxyl groups excluding tert-OH is 3. The van der Waals surface area contributed by atoms with E-state index in [1.807, 2.05) is 0 Å². The maximum atomic E-state index is 11.3. The molecule has 0 unspecified atom stereocenters. The molecule has 0 aliphatic heterocycles. The lowest BCUT2D eigenvalue weighted by molar-refractivity contribution is 0.0706. The second kappa shape index (κ2) is 10.5. The highest BCUT2D eigenvalue weighted by atomic mass is 32.1. The molecule has 38 heavy (non-hydrogen) atoms. The fraction of sp³-hybridized carbons (Fsp3) is 0.667. The average Bonchev–Trinajstić information content (AvgIpc) is 3.38. The minimum atomic E-state index is -0.641. The van der Waals surface area contributed by atoms with E-state index < -0.39 is 18.3 Å². The highest BCUT2D eigenvalue weighted by molar-refractivity contribution is 7.09. The molecule has 6 atom stereocenters. The average molecular weight is 538 g/mol. The number of aliphatic hydroxyl groups is 3. The van der Waals surface area contributed by atoms with Crippen LogP contribution < -0.4 is 0 Å². The summed E-state index contributed by atoms with van der Waals surface area (Å²) in [5, 5.41) is 34.9. The molecule has 4 fully saturated rings. The third-order valence-electron chi connectivity index (χ3n) is 10.5. The minimum Gasteiger partial charge on any atom is -0.393 e. The number of hydrogen-bond donors (Lipinski definition) is 3. The van der Waals surface area contributed by atoms with Crippen LogP contribution >= 0.6 is 11.3 Å². The number of allylic oxidation sites excluding steroid dienone is 4. The molecule has 0 saturated heterocycles. The summed E-state index contributed by atoms with van der Waals surface area (Å²) in [6.07, 6.45) is 17.1. The fourth-order valence-electron chi connectivity index (χ4n) is 8.04. The van der Waals surface area contributed by atoms with Crippen LogP contribution in [0.3, 0.4) is 0 Å². The molecule has 0 spiro atoms. The zero-order chi connectivity index (χ0) is 27.3. The Hall–Kier alpha value is -1.53. The molecule has 0 bridgehead atoms. The van der Waals surface area contributed by atoms with E-state index in [2.05, 4.69) is 64.0 Å². The molecule has 1 heterocycles. The van der Waals surface area contributed by atoms with E-state index in [0.29, 0.717) is 24.7 Å². The molecule has 5 rings (SSSR count). The quantitative estimate of drug-likeness (QED) is 0.334. The number of aromatic nitrogens is 1. The number of fused-ring (bicyclic) bond motifs is 1. The van der Waals surface area contributed by atoms with Crippen molar-refractivity contribution in [3.05, 3.63) is 63.7 Å². The van der Waals surface area contributed by atoms with Crippen LogP contribution in [-0.4, -0.2) is 38.6 Å². The van der Waals surface area contributed by atoms with Crippen molar-refractivity contribution in [3.8, 4) is 0 Å². The topological polar surface area (TPSA) is 73.6 Å². The molecule has 0 aromatic carbocycles. The van der Waals surface area contributed by atoms with Crippen LogP contribution in [0.4, 0.5) is 0 Å². The van der Waals surface area contributed by atoms with E-state index in [1.165, 1.54) is 31.3 Å². The number of hydrogen-bond acceptors (Lipinski definition) is 5. The number of rotatable bonds is 7. The van der Waals surface area contributed by atoms with Gasteiger partial charge in [-0.3, -0.25) is 0 Å². The van der Waals surface area contributed by atoms with Crippen molar-refractivity contribution in [2.45, 2.75) is 116 Å². The Balaban J connectivity index is 1.32. The van der Waals surface area contributed by atoms with Crippen LogP contribution in [0, 0.1) is 22.7 Å². The van der Waals surface area contributed by atoms with Crippen LogP contribution in [0.1, 0.15) is 96.2 Å². The summed E-state index contributed by atoms with van der Waals surface area (Å²) in [6, 6.07) is 0. The zero-order valence-electron chi connectivity index (χ0n) is 23.7. The standard InChI is InChI=1S/C33H47NO3S/c1-6-24-20-38-30(34-24)33(16-17-33)29(37)13-15-31(3,4)28-12-11-26-22(8-7-14-32(26,28)5)9-10-23-18-25(35)19-27(36)21(23)2/h9-10,13,15,20,25-29,35-37H,2,6-8,11-12,14,16-19H2,1,3-5H3/b15-13+,22-9+,23-10-/t25-,26+,27+,28-,29-,32+/m1/s1. The van der Waals surface area contributed by atoms with Crippen molar-refractivity contribution in [2.24, 2.45) is 22.7 Å². The molecule has 3 N–H and O–H groups in total. The summed E-state index contributed by atoms with van der Waals surface area (Å²) >= 11 is 1.71. The molecule has 0 amide bonds. The van der Waals surface area contributed by atoms with E-state index in [9.17, 15) is 15.3 Å². The van der Waals surface area contributed by atoms with Crippen molar-refractivity contribution in [3.63, 3.8) is 0 Å². The highest BCUT2D eigenvalue weighted by Crippen LogP contribution is 2.62. The van der Waals surface area contributed by atoms with Gasteiger partial charge in [0.2, 0.25) is 0 Å². The van der Waals surface area contributed by atoms with Gasteiger partial charge in [-0.25, -0.2) is 4.98 Å². The van der Waals surface area contributed by atoms with Crippen molar-refractivity contribution in [1.29, 1.82) is 0 Å². The van der Waals surface area contributed by atoms with E-state index in [-0.39, 0.29) is 16.2 Å². The van der Waals surface area contributed by atoms with Gasteiger partial charge in [0.25, 0.3) is 0 Å². The van der Waals surface area contributed by atoms with Gasteiger partial charge in [0, 0.05) is 11.8 Å². The summed E-state index contributed by atoms with van der Waals surface area (Å²) < 4.78 is 0. The smallest absolute Gasteiger partial charge is 0.102 e. The molecule has 1 aromatic heterocycles. The van der Waals surface area contributed by atoms with Crippen LogP contribution in [0.5, 0.6) is 0 Å². The lowest BCUT2D eigenvalue weighted by atomic mass is 9.57. The SMILES string of the molecule is C=C1/C(=C\C=C2/CCC[C@]3(C)[C@@H](C(C)(C)/C=C/[C@@H](O)C4(c5nc(CC)cs5)CC4)CC[C@@H]23)C[C@@H](O)C[C@@H]1O. The maximum Gasteiger partial charge on any atom is 0.102 e. The summed E-state index contributed by atoms with van der Waals surface area (Å²) in [4.78, 5) is 4.82. The van der Waals surface area contributed by atoms with Gasteiger partial charge in [-0.1, -0.05) is 64.2 Å². The van der Waals surface area contributed by atoms with Crippen molar-refractivity contribution in [1.82, 2.24) is 4.98 Å². The van der Waals surface area contributed by atoms with Crippen LogP contribution in [0.2, 0.25) is 0 Å². The van der Waals surface area contributed by atoms with Crippen molar-refractivity contribution < 1.29 is 15.3 Å². The van der Waals surface area contributed by atoms with Gasteiger partial charge >= 0.3 is 0 Å². The Kier molecular flexibility index (Phi) is 7.71. The highest BCUT2D eigenvalue weighted by Gasteiger charge is 2.54. The molecule has 4 aliphatic rings. The van der Waals surface area contributed by atoms with Crippen LogP contribution in [0.25, 0.3) is 0 Å². The molecule has 0 radical (unpaired) electrons. The van der Waals surface area contributed by atoms with Gasteiger partial charge in [-0.05, 0) is 91.6 Å². The molecular formula is C33H47NO3S. The van der Waals surface area contributed by atoms with E-state index in [0.717, 1.165) is 47.5 Å². The number of aryl methyl sites for hydroxylation is 1. The third kappa shape index (κ3) is 5.05. The van der Waals surface area contributed by atoms with Gasteiger partial charge in [0.05, 0.1) is 29.4 Å². The Bertz CT molecular complexity index is 1140. The van der Waals surface area contributed by atoms with E-state index >= 15 is 0 Å². The van der Waals surface area contributed by atoms with E-state index in [1.54, 1.807) is 11.3 Å². The van der Waals surface area contributed by atoms with Crippen LogP contribution in [0.15, 0.2) is 53.0 Å². The monoisotopic (exact) mass is 537 g/mol. The first-order chi connectivity index (χ1) is 18.0. The lowest BCUT2D eigenvalue weighted by Crippen LogP contribution is -2.39. The Labute approximate surface area is 233 Å². The van der Waals surface area contributed by atoms with Crippen molar-refractivity contribution >= 4 is 11.3 Å². The molecule has 4 saturated carbocycles. The van der Waals surface area contributed by atoms with Gasteiger partial charge in [-0.15, -0.1) is 11.3 Å². The van der Waals surface area contributed by atoms with Gasteiger partial charge in [0.15, 0.2) is 0 Å². The lowest BCUT2D eigenvalue weighted by Gasteiger charge is -2.47. The van der Waals surface area contributed by atoms with Crippen molar-refractivity contribution in [2.75, 3.05) is 0 Å². The fourth-order valence-corrected chi connectivity index (χ4v) is 9.23. The second-order valence-electron chi connectivity index (χ2n) is 13.4. The van der Waals surface area contributed by atoms with Crippen LogP contribution in [-0.2, 0) is 11.8 Å². The van der Waals surface area contributed by atoms with Gasteiger partial charge < -0.3 is 15.3 Å². The molecule has 4 nitrogen and oxygen atoms in total. The molecule has 4 aliphatic carbocycles. The minimum absolute atomic E-state index is 0.00912. The summed E-state index contributed by atoms with van der Waals surface area (Å²) in [5.74, 6) is 1.11. The predicted octanol–water partition coefficient (Wildman–Crippen LogP) is 6.82. The third-order valence-corrected chi connectivity index (χ3v) is 11.6. The predicted molar refractivity (Wildman–Crippen MR) is 156 cm³/mol. The normalized spacial score (nSPS) is 36.2. The summed E-state index contributed by atoms with van der Waals surface area (Å²) in [5.41, 5.74) is 4.45. The second-order valence-corrected chi connectivity index (χ2v) is 14.2. The molecular weight excluding hydrogens is 490 g/mol. The van der Waals surface area contributed by atoms with Gasteiger partial charge in [-0.2, -0.15) is 0 Å². The zero-order valence-corrected chi connectivity index (χ0v) is 24.6. The Morgan fingerprint density at radius 1 is 1.21 bits per heavy atom. The maximum absolute atomic E-state index is 11.3. The first-order valence-corrected chi connectivity index (χ1v) is 15.7. The molecule has 1 aromatic rings. The first-order valence-electron chi connectivity index (χ1n) is 14.8. The molecule has 5 heteroatoms. The van der Waals surface area contributed by atoms with Gasteiger partial charge in [0.1, 0.15) is 5.01 Å². The molecule has 208 valence electrons. The Morgan fingerprint density at radius 2 is 1.97 bits per heavy atom. The summed E-state index contributed by atoms with van der Waals surface area (Å²) in [7, 11) is 0. The largest absolute Gasteiger partial charge is 0.393 e. The van der Waals surface area contributed by atoms with E-state index in [4.69, 9.17) is 4.98 Å². The number of nitrogens with zero attached hydrogens (tertiary/aromatic N) is 1.